The van der Waals surface area contributed by atoms with E-state index in [1.807, 2.05) is 18.3 Å². The molecule has 2 rings (SSSR count). The third-order valence-electron chi connectivity index (χ3n) is 2.25. The van der Waals surface area contributed by atoms with Crippen LogP contribution in [-0.2, 0) is 13.1 Å². The Bertz CT molecular complexity index is 523. The van der Waals surface area contributed by atoms with Crippen molar-refractivity contribution < 1.29 is 0 Å². The first-order chi connectivity index (χ1) is 7.83. The molecule has 0 aliphatic rings. The number of nitrogens with zero attached hydrogens (tertiary/aromatic N) is 4. The highest BCUT2D eigenvalue weighted by Crippen LogP contribution is 2.07. The molecule has 0 aromatic carbocycles. The molecule has 0 fully saturated rings. The predicted octanol–water partition coefficient (Wildman–Crippen LogP) is 0.657. The second kappa shape index (κ2) is 4.55. The zero-order chi connectivity index (χ0) is 11.4. The van der Waals surface area contributed by atoms with Crippen molar-refractivity contribution in [3.8, 4) is 6.07 Å². The Kier molecular flexibility index (Phi) is 2.94. The van der Waals surface area contributed by atoms with E-state index >= 15 is 0 Å². The molecule has 0 radical (unpaired) electrons. The van der Waals surface area contributed by atoms with Gasteiger partial charge in [0.05, 0.1) is 12.7 Å². The first-order valence-corrected chi connectivity index (χ1v) is 4.89. The molecule has 0 unspecified atom stereocenters. The Hall–Kier alpha value is -2.19. The molecular weight excluding hydrogens is 202 g/mol. The summed E-state index contributed by atoms with van der Waals surface area (Å²) in [5.74, 6) is 0. The van der Waals surface area contributed by atoms with Gasteiger partial charge in [0.15, 0.2) is 0 Å². The molecule has 2 heterocycles. The molecule has 0 atom stereocenters. The van der Waals surface area contributed by atoms with Crippen LogP contribution >= 0.6 is 0 Å². The van der Waals surface area contributed by atoms with Gasteiger partial charge in [-0.3, -0.25) is 4.68 Å². The van der Waals surface area contributed by atoms with E-state index in [0.29, 0.717) is 18.8 Å². The Morgan fingerprint density at radius 3 is 3.06 bits per heavy atom. The van der Waals surface area contributed by atoms with Crippen LogP contribution in [0.3, 0.4) is 0 Å². The fraction of sp³-hybridized carbons (Fsp3) is 0.182. The Morgan fingerprint density at radius 2 is 2.38 bits per heavy atom. The van der Waals surface area contributed by atoms with Gasteiger partial charge in [-0.1, -0.05) is 6.07 Å². The third-order valence-corrected chi connectivity index (χ3v) is 2.25. The molecule has 0 spiro atoms. The SMILES string of the molecule is N#Cc1ncccc1Cn1cc(CN)cn1. The smallest absolute Gasteiger partial charge is 0.145 e. The lowest BCUT2D eigenvalue weighted by Gasteiger charge is -2.02. The number of nitriles is 1. The van der Waals surface area contributed by atoms with Crippen LogP contribution in [0.4, 0.5) is 0 Å². The summed E-state index contributed by atoms with van der Waals surface area (Å²) in [4.78, 5) is 3.99. The maximum absolute atomic E-state index is 8.89. The molecule has 2 N–H and O–H groups in total. The van der Waals surface area contributed by atoms with Crippen LogP contribution in [0.15, 0.2) is 30.7 Å². The number of nitrogens with two attached hydrogens (primary N) is 1. The average molecular weight is 213 g/mol. The van der Waals surface area contributed by atoms with Crippen molar-refractivity contribution in [2.75, 3.05) is 0 Å². The largest absolute Gasteiger partial charge is 0.326 e. The average Bonchev–Trinajstić information content (AvgIpc) is 2.77. The van der Waals surface area contributed by atoms with Crippen molar-refractivity contribution in [2.45, 2.75) is 13.1 Å². The van der Waals surface area contributed by atoms with Crippen LogP contribution in [-0.4, -0.2) is 14.8 Å². The Balaban J connectivity index is 2.24. The molecule has 0 amide bonds. The topological polar surface area (TPSA) is 80.5 Å². The number of hydrogen-bond acceptors (Lipinski definition) is 4. The molecule has 0 saturated heterocycles. The van der Waals surface area contributed by atoms with Crippen LogP contribution in [0.2, 0.25) is 0 Å². The van der Waals surface area contributed by atoms with Crippen molar-refractivity contribution in [1.82, 2.24) is 14.8 Å². The van der Waals surface area contributed by atoms with E-state index < -0.39 is 0 Å². The summed E-state index contributed by atoms with van der Waals surface area (Å²) >= 11 is 0. The van der Waals surface area contributed by atoms with Gasteiger partial charge in [-0.15, -0.1) is 0 Å². The molecule has 0 saturated carbocycles. The van der Waals surface area contributed by atoms with Gasteiger partial charge in [-0.2, -0.15) is 10.4 Å². The van der Waals surface area contributed by atoms with Crippen LogP contribution in [0.1, 0.15) is 16.8 Å². The molecule has 5 heteroatoms. The summed E-state index contributed by atoms with van der Waals surface area (Å²) in [5.41, 5.74) is 7.76. The van der Waals surface area contributed by atoms with Crippen molar-refractivity contribution in [1.29, 1.82) is 5.26 Å². The second-order valence-electron chi connectivity index (χ2n) is 3.37. The Morgan fingerprint density at radius 1 is 1.50 bits per heavy atom. The summed E-state index contributed by atoms with van der Waals surface area (Å²) in [6.07, 6.45) is 5.20. The highest BCUT2D eigenvalue weighted by atomic mass is 15.3. The summed E-state index contributed by atoms with van der Waals surface area (Å²) in [6.45, 7) is 1.01. The lowest BCUT2D eigenvalue weighted by Crippen LogP contribution is -2.03. The van der Waals surface area contributed by atoms with Gasteiger partial charge in [0.25, 0.3) is 0 Å². The number of rotatable bonds is 3. The minimum absolute atomic E-state index is 0.437. The standard InChI is InChI=1S/C11H11N5/c12-4-9-6-15-16(7-9)8-10-2-1-3-14-11(10)5-13/h1-3,6-7H,4,8,12H2. The summed E-state index contributed by atoms with van der Waals surface area (Å²) in [5, 5.41) is 13.0. The fourth-order valence-electron chi connectivity index (χ4n) is 1.44. The zero-order valence-electron chi connectivity index (χ0n) is 8.67. The number of pyridine rings is 1. The van der Waals surface area contributed by atoms with Crippen molar-refractivity contribution in [2.24, 2.45) is 5.73 Å². The van der Waals surface area contributed by atoms with Gasteiger partial charge >= 0.3 is 0 Å². The lowest BCUT2D eigenvalue weighted by atomic mass is 10.2. The lowest BCUT2D eigenvalue weighted by molar-refractivity contribution is 0.682. The van der Waals surface area contributed by atoms with E-state index in [9.17, 15) is 0 Å². The van der Waals surface area contributed by atoms with Gasteiger partial charge in [-0.05, 0) is 6.07 Å². The minimum atomic E-state index is 0.437. The van der Waals surface area contributed by atoms with E-state index in [1.165, 1.54) is 0 Å². The quantitative estimate of drug-likeness (QED) is 0.812. The van der Waals surface area contributed by atoms with Crippen molar-refractivity contribution >= 4 is 0 Å². The molecule has 0 bridgehead atoms. The molecule has 80 valence electrons. The third kappa shape index (κ3) is 2.07. The molecule has 0 aliphatic carbocycles. The van der Waals surface area contributed by atoms with Gasteiger partial charge in [0.2, 0.25) is 0 Å². The van der Waals surface area contributed by atoms with Gasteiger partial charge < -0.3 is 5.73 Å². The molecule has 5 nitrogen and oxygen atoms in total. The summed E-state index contributed by atoms with van der Waals surface area (Å²) < 4.78 is 1.75. The highest BCUT2D eigenvalue weighted by Gasteiger charge is 2.04. The minimum Gasteiger partial charge on any atom is -0.326 e. The van der Waals surface area contributed by atoms with Crippen LogP contribution in [0, 0.1) is 11.3 Å². The normalized spacial score (nSPS) is 10.0. The van der Waals surface area contributed by atoms with Crippen LogP contribution in [0.25, 0.3) is 0 Å². The van der Waals surface area contributed by atoms with Gasteiger partial charge in [0, 0.05) is 30.1 Å². The van der Waals surface area contributed by atoms with Crippen LogP contribution in [0.5, 0.6) is 0 Å². The molecular formula is C11H11N5. The number of hydrogen-bond donors (Lipinski definition) is 1. The maximum Gasteiger partial charge on any atom is 0.145 e. The van der Waals surface area contributed by atoms with E-state index in [0.717, 1.165) is 11.1 Å². The predicted molar refractivity (Wildman–Crippen MR) is 58.2 cm³/mol. The Labute approximate surface area is 93.1 Å². The van der Waals surface area contributed by atoms with Crippen molar-refractivity contribution in [3.63, 3.8) is 0 Å². The fourth-order valence-corrected chi connectivity index (χ4v) is 1.44. The van der Waals surface area contributed by atoms with E-state index in [4.69, 9.17) is 11.0 Å². The molecule has 0 aliphatic heterocycles. The van der Waals surface area contributed by atoms with E-state index in [1.54, 1.807) is 17.1 Å². The first kappa shape index (κ1) is 10.3. The highest BCUT2D eigenvalue weighted by molar-refractivity contribution is 5.30. The van der Waals surface area contributed by atoms with Gasteiger partial charge in [0.1, 0.15) is 11.8 Å². The van der Waals surface area contributed by atoms with E-state index in [-0.39, 0.29) is 0 Å². The summed E-state index contributed by atoms with van der Waals surface area (Å²) in [6, 6.07) is 5.74. The van der Waals surface area contributed by atoms with Crippen LogP contribution < -0.4 is 5.73 Å². The zero-order valence-corrected chi connectivity index (χ0v) is 8.67. The molecule has 2 aromatic heterocycles. The first-order valence-electron chi connectivity index (χ1n) is 4.89. The second-order valence-corrected chi connectivity index (χ2v) is 3.37. The molecule has 2 aromatic rings. The van der Waals surface area contributed by atoms with Gasteiger partial charge in [-0.25, -0.2) is 4.98 Å². The monoisotopic (exact) mass is 213 g/mol. The molecule has 16 heavy (non-hydrogen) atoms. The summed E-state index contributed by atoms with van der Waals surface area (Å²) in [7, 11) is 0. The van der Waals surface area contributed by atoms with E-state index in [2.05, 4.69) is 16.2 Å². The van der Waals surface area contributed by atoms with Crippen molar-refractivity contribution in [3.05, 3.63) is 47.5 Å². The number of aromatic nitrogens is 3. The maximum atomic E-state index is 8.89.